The molecule has 1 atom stereocenters. The lowest BCUT2D eigenvalue weighted by molar-refractivity contribution is 0.172. The largest absolute Gasteiger partial charge is 0.386 e. The van der Waals surface area contributed by atoms with Gasteiger partial charge < -0.3 is 5.11 Å². The molecule has 0 radical (unpaired) electrons. The van der Waals surface area contributed by atoms with Crippen LogP contribution in [0.25, 0.3) is 0 Å². The molecule has 2 heterocycles. The molecule has 2 aromatic heterocycles. The molecule has 1 N–H and O–H groups in total. The van der Waals surface area contributed by atoms with E-state index in [9.17, 15) is 5.11 Å². The molecule has 0 aliphatic carbocycles. The van der Waals surface area contributed by atoms with Crippen LogP contribution in [0.1, 0.15) is 43.3 Å². The maximum absolute atomic E-state index is 10.1. The molecule has 0 aromatic carbocycles. The number of aliphatic hydroxyl groups excluding tert-OH is 1. The molecule has 0 saturated carbocycles. The first-order chi connectivity index (χ1) is 8.36. The molecule has 0 amide bonds. The van der Waals surface area contributed by atoms with Crippen molar-refractivity contribution in [1.29, 1.82) is 0 Å². The van der Waals surface area contributed by atoms with E-state index in [1.165, 1.54) is 0 Å². The molecule has 1 unspecified atom stereocenters. The quantitative estimate of drug-likeness (QED) is 0.920. The highest BCUT2D eigenvalue weighted by Crippen LogP contribution is 2.28. The minimum Gasteiger partial charge on any atom is -0.386 e. The SMILES string of the molecule is Cn1cc(CC(O)c2csc(C(C)(C)C)n2)nn1. The normalized spacial score (nSPS) is 13.8. The number of aromatic nitrogens is 4. The van der Waals surface area contributed by atoms with E-state index in [0.29, 0.717) is 6.42 Å². The van der Waals surface area contributed by atoms with Gasteiger partial charge in [-0.25, -0.2) is 4.98 Å². The van der Waals surface area contributed by atoms with Crippen LogP contribution in [0.5, 0.6) is 0 Å². The van der Waals surface area contributed by atoms with Crippen LogP contribution in [0.2, 0.25) is 0 Å². The molecular formula is C12H18N4OS. The van der Waals surface area contributed by atoms with Crippen LogP contribution in [0, 0.1) is 0 Å². The van der Waals surface area contributed by atoms with Crippen LogP contribution in [-0.4, -0.2) is 25.1 Å². The van der Waals surface area contributed by atoms with Crippen LogP contribution in [-0.2, 0) is 18.9 Å². The Labute approximate surface area is 110 Å². The molecule has 5 nitrogen and oxygen atoms in total. The van der Waals surface area contributed by atoms with Crippen LogP contribution in [0.15, 0.2) is 11.6 Å². The van der Waals surface area contributed by atoms with Gasteiger partial charge in [0.15, 0.2) is 0 Å². The van der Waals surface area contributed by atoms with Crippen molar-refractivity contribution in [2.75, 3.05) is 0 Å². The fourth-order valence-electron chi connectivity index (χ4n) is 1.58. The zero-order chi connectivity index (χ0) is 13.3. The van der Waals surface area contributed by atoms with Crippen molar-refractivity contribution in [2.45, 2.75) is 38.7 Å². The standard InChI is InChI=1S/C12H18N4OS/c1-12(2,3)11-13-9(7-18-11)10(17)5-8-6-16(4)15-14-8/h6-7,10,17H,5H2,1-4H3. The lowest BCUT2D eigenvalue weighted by atomic mass is 9.98. The summed E-state index contributed by atoms with van der Waals surface area (Å²) in [5, 5.41) is 20.9. The summed E-state index contributed by atoms with van der Waals surface area (Å²) < 4.78 is 1.63. The molecule has 0 aliphatic rings. The highest BCUT2D eigenvalue weighted by atomic mass is 32.1. The third kappa shape index (κ3) is 2.94. The Morgan fingerprint density at radius 2 is 2.17 bits per heavy atom. The summed E-state index contributed by atoms with van der Waals surface area (Å²) in [4.78, 5) is 4.50. The van der Waals surface area contributed by atoms with Crippen LogP contribution < -0.4 is 0 Å². The van der Waals surface area contributed by atoms with Crippen molar-refractivity contribution in [3.05, 3.63) is 28.0 Å². The van der Waals surface area contributed by atoms with E-state index in [0.717, 1.165) is 16.4 Å². The number of aryl methyl sites for hydroxylation is 1. The van der Waals surface area contributed by atoms with Crippen molar-refractivity contribution < 1.29 is 5.11 Å². The predicted molar refractivity (Wildman–Crippen MR) is 70.5 cm³/mol. The summed E-state index contributed by atoms with van der Waals surface area (Å²) in [7, 11) is 1.81. The van der Waals surface area contributed by atoms with E-state index in [-0.39, 0.29) is 5.41 Å². The van der Waals surface area contributed by atoms with E-state index in [4.69, 9.17) is 0 Å². The lowest BCUT2D eigenvalue weighted by Crippen LogP contribution is -2.11. The van der Waals surface area contributed by atoms with Gasteiger partial charge in [0, 0.05) is 30.5 Å². The van der Waals surface area contributed by atoms with Crippen LogP contribution in [0.3, 0.4) is 0 Å². The van der Waals surface area contributed by atoms with Gasteiger partial charge in [0.1, 0.15) is 6.10 Å². The second-order valence-corrected chi connectivity index (χ2v) is 6.29. The molecule has 0 fully saturated rings. The van der Waals surface area contributed by atoms with Crippen molar-refractivity contribution >= 4 is 11.3 Å². The first-order valence-corrected chi connectivity index (χ1v) is 6.73. The minimum absolute atomic E-state index is 0.0230. The monoisotopic (exact) mass is 266 g/mol. The Bertz CT molecular complexity index is 526. The van der Waals surface area contributed by atoms with Crippen molar-refractivity contribution in [3.8, 4) is 0 Å². The van der Waals surface area contributed by atoms with Gasteiger partial charge in [0.2, 0.25) is 0 Å². The van der Waals surface area contributed by atoms with Gasteiger partial charge >= 0.3 is 0 Å². The van der Waals surface area contributed by atoms with Gasteiger partial charge in [-0.15, -0.1) is 16.4 Å². The number of nitrogens with zero attached hydrogens (tertiary/aromatic N) is 4. The summed E-state index contributed by atoms with van der Waals surface area (Å²) in [6, 6.07) is 0. The second kappa shape index (κ2) is 4.78. The van der Waals surface area contributed by atoms with E-state index in [2.05, 4.69) is 36.1 Å². The van der Waals surface area contributed by atoms with E-state index in [1.807, 2.05) is 12.4 Å². The Hall–Kier alpha value is -1.27. The van der Waals surface area contributed by atoms with E-state index in [1.54, 1.807) is 22.2 Å². The number of aliphatic hydroxyl groups is 1. The summed E-state index contributed by atoms with van der Waals surface area (Å²) in [5.41, 5.74) is 1.51. The van der Waals surface area contributed by atoms with Gasteiger partial charge in [-0.3, -0.25) is 4.68 Å². The van der Waals surface area contributed by atoms with Gasteiger partial charge in [-0.2, -0.15) is 0 Å². The van der Waals surface area contributed by atoms with Gasteiger partial charge in [0.25, 0.3) is 0 Å². The topological polar surface area (TPSA) is 63.8 Å². The zero-order valence-electron chi connectivity index (χ0n) is 11.1. The van der Waals surface area contributed by atoms with Crippen LogP contribution in [0.4, 0.5) is 0 Å². The average molecular weight is 266 g/mol. The molecule has 6 heteroatoms. The molecule has 98 valence electrons. The molecular weight excluding hydrogens is 248 g/mol. The van der Waals surface area contributed by atoms with E-state index < -0.39 is 6.10 Å². The third-order valence-corrected chi connectivity index (χ3v) is 3.84. The number of rotatable bonds is 3. The number of hydrogen-bond acceptors (Lipinski definition) is 5. The Kier molecular flexibility index (Phi) is 3.49. The molecule has 0 spiro atoms. The highest BCUT2D eigenvalue weighted by molar-refractivity contribution is 7.09. The molecule has 0 aliphatic heterocycles. The highest BCUT2D eigenvalue weighted by Gasteiger charge is 2.21. The number of thiazole rings is 1. The fourth-order valence-corrected chi connectivity index (χ4v) is 2.53. The van der Waals surface area contributed by atoms with Crippen LogP contribution >= 0.6 is 11.3 Å². The van der Waals surface area contributed by atoms with Crippen molar-refractivity contribution in [1.82, 2.24) is 20.0 Å². The van der Waals surface area contributed by atoms with Gasteiger partial charge in [-0.05, 0) is 0 Å². The molecule has 2 aromatic rings. The molecule has 0 bridgehead atoms. The molecule has 2 rings (SSSR count). The van der Waals surface area contributed by atoms with Crippen molar-refractivity contribution in [2.24, 2.45) is 7.05 Å². The zero-order valence-corrected chi connectivity index (χ0v) is 11.9. The smallest absolute Gasteiger partial charge is 0.102 e. The Morgan fingerprint density at radius 3 is 2.67 bits per heavy atom. The minimum atomic E-state index is -0.617. The third-order valence-electron chi connectivity index (χ3n) is 2.56. The predicted octanol–water partition coefficient (Wildman–Crippen LogP) is 1.85. The average Bonchev–Trinajstić information content (AvgIpc) is 2.85. The first kappa shape index (κ1) is 13.2. The molecule has 18 heavy (non-hydrogen) atoms. The lowest BCUT2D eigenvalue weighted by Gasteiger charge is -2.14. The molecule has 0 saturated heterocycles. The summed E-state index contributed by atoms with van der Waals surface area (Å²) in [5.74, 6) is 0. The fraction of sp³-hybridized carbons (Fsp3) is 0.583. The van der Waals surface area contributed by atoms with Crippen molar-refractivity contribution in [3.63, 3.8) is 0 Å². The Morgan fingerprint density at radius 1 is 1.44 bits per heavy atom. The van der Waals surface area contributed by atoms with Gasteiger partial charge in [0.05, 0.1) is 16.4 Å². The Balaban J connectivity index is 2.09. The summed E-state index contributed by atoms with van der Waals surface area (Å²) in [6.45, 7) is 6.35. The van der Waals surface area contributed by atoms with Gasteiger partial charge in [-0.1, -0.05) is 26.0 Å². The second-order valence-electron chi connectivity index (χ2n) is 5.43. The maximum atomic E-state index is 10.1. The first-order valence-electron chi connectivity index (χ1n) is 5.85. The maximum Gasteiger partial charge on any atom is 0.102 e. The summed E-state index contributed by atoms with van der Waals surface area (Å²) >= 11 is 1.59. The van der Waals surface area contributed by atoms with E-state index >= 15 is 0 Å². The summed E-state index contributed by atoms with van der Waals surface area (Å²) in [6.07, 6.45) is 1.63. The number of hydrogen-bond donors (Lipinski definition) is 1.